The minimum absolute atomic E-state index is 0.126. The van der Waals surface area contributed by atoms with Gasteiger partial charge in [-0.05, 0) is 60.7 Å². The SMILES string of the molecule is CN(C(=O)c1nnc(SCc2nc3ccccc3[nH]2)n1-c1ccc(Cl)cc1)c1ccc(F)cc1. The number of hydrogen-bond acceptors (Lipinski definition) is 5. The Morgan fingerprint density at radius 2 is 1.79 bits per heavy atom. The molecule has 0 bridgehead atoms. The molecule has 0 aliphatic rings. The molecule has 0 aliphatic heterocycles. The van der Waals surface area contributed by atoms with Gasteiger partial charge in [0.2, 0.25) is 5.82 Å². The van der Waals surface area contributed by atoms with Crippen molar-refractivity contribution >= 4 is 46.0 Å². The zero-order chi connectivity index (χ0) is 23.7. The average molecular weight is 493 g/mol. The summed E-state index contributed by atoms with van der Waals surface area (Å²) in [7, 11) is 1.61. The Kier molecular flexibility index (Phi) is 6.04. The van der Waals surface area contributed by atoms with E-state index in [0.717, 1.165) is 16.9 Å². The number of nitrogens with one attached hydrogen (secondary N) is 1. The number of nitrogens with zero attached hydrogens (tertiary/aromatic N) is 5. The Bertz CT molecular complexity index is 1430. The van der Waals surface area contributed by atoms with Crippen LogP contribution < -0.4 is 4.90 Å². The molecule has 3 aromatic carbocycles. The summed E-state index contributed by atoms with van der Waals surface area (Å²) in [6, 6.07) is 20.5. The predicted octanol–water partition coefficient (Wildman–Crippen LogP) is 5.51. The maximum atomic E-state index is 13.4. The molecule has 0 aliphatic carbocycles. The quantitative estimate of drug-likeness (QED) is 0.316. The first-order valence-electron chi connectivity index (χ1n) is 10.3. The van der Waals surface area contributed by atoms with Gasteiger partial charge in [-0.15, -0.1) is 10.2 Å². The Morgan fingerprint density at radius 1 is 1.06 bits per heavy atom. The van der Waals surface area contributed by atoms with Crippen molar-refractivity contribution in [1.82, 2.24) is 24.7 Å². The zero-order valence-corrected chi connectivity index (χ0v) is 19.5. The lowest BCUT2D eigenvalue weighted by molar-refractivity contribution is 0.0980. The molecule has 1 N–H and O–H groups in total. The summed E-state index contributed by atoms with van der Waals surface area (Å²) < 4.78 is 15.0. The number of thioether (sulfide) groups is 1. The van der Waals surface area contributed by atoms with Crippen molar-refractivity contribution in [3.8, 4) is 5.69 Å². The molecule has 170 valence electrons. The molecule has 0 radical (unpaired) electrons. The third kappa shape index (κ3) is 4.40. The van der Waals surface area contributed by atoms with Gasteiger partial charge in [-0.3, -0.25) is 9.36 Å². The van der Waals surface area contributed by atoms with Crippen LogP contribution in [-0.2, 0) is 5.75 Å². The van der Waals surface area contributed by atoms with Crippen molar-refractivity contribution in [2.24, 2.45) is 0 Å². The van der Waals surface area contributed by atoms with Crippen LogP contribution >= 0.6 is 23.4 Å². The van der Waals surface area contributed by atoms with Crippen molar-refractivity contribution in [2.45, 2.75) is 10.9 Å². The minimum Gasteiger partial charge on any atom is -0.341 e. The van der Waals surface area contributed by atoms with Crippen LogP contribution in [0, 0.1) is 5.82 Å². The molecule has 0 saturated heterocycles. The number of imidazole rings is 1. The summed E-state index contributed by atoms with van der Waals surface area (Å²) in [5, 5.41) is 9.59. The van der Waals surface area contributed by atoms with E-state index < -0.39 is 0 Å². The number of fused-ring (bicyclic) bond motifs is 1. The molecule has 10 heteroatoms. The van der Waals surface area contributed by atoms with Gasteiger partial charge in [-0.1, -0.05) is 35.5 Å². The number of amides is 1. The minimum atomic E-state index is -0.385. The van der Waals surface area contributed by atoms with Crippen molar-refractivity contribution in [2.75, 3.05) is 11.9 Å². The van der Waals surface area contributed by atoms with Crippen LogP contribution in [0.3, 0.4) is 0 Å². The second-order valence-electron chi connectivity index (χ2n) is 7.45. The second-order valence-corrected chi connectivity index (χ2v) is 8.83. The van der Waals surface area contributed by atoms with E-state index >= 15 is 0 Å². The van der Waals surface area contributed by atoms with E-state index in [4.69, 9.17) is 11.6 Å². The fraction of sp³-hybridized carbons (Fsp3) is 0.0833. The molecular formula is C24H18ClFN6OS. The highest BCUT2D eigenvalue weighted by molar-refractivity contribution is 7.98. The number of anilines is 1. The number of aromatic nitrogens is 5. The smallest absolute Gasteiger partial charge is 0.296 e. The highest BCUT2D eigenvalue weighted by Gasteiger charge is 2.24. The second kappa shape index (κ2) is 9.28. The number of aromatic amines is 1. The fourth-order valence-electron chi connectivity index (χ4n) is 3.46. The summed E-state index contributed by atoms with van der Waals surface area (Å²) in [5.74, 6) is 0.653. The van der Waals surface area contributed by atoms with Gasteiger partial charge in [0, 0.05) is 17.8 Å². The summed E-state index contributed by atoms with van der Waals surface area (Å²) in [6.07, 6.45) is 0. The molecule has 5 rings (SSSR count). The zero-order valence-electron chi connectivity index (χ0n) is 17.9. The Morgan fingerprint density at radius 3 is 2.53 bits per heavy atom. The molecule has 34 heavy (non-hydrogen) atoms. The van der Waals surface area contributed by atoms with Crippen LogP contribution in [0.25, 0.3) is 16.7 Å². The lowest BCUT2D eigenvalue weighted by Gasteiger charge is -2.18. The van der Waals surface area contributed by atoms with E-state index in [-0.39, 0.29) is 17.5 Å². The van der Waals surface area contributed by atoms with Gasteiger partial charge in [-0.2, -0.15) is 0 Å². The van der Waals surface area contributed by atoms with Crippen LogP contribution in [0.5, 0.6) is 0 Å². The monoisotopic (exact) mass is 492 g/mol. The van der Waals surface area contributed by atoms with Crippen molar-refractivity contribution < 1.29 is 9.18 Å². The third-order valence-corrected chi connectivity index (χ3v) is 6.40. The molecule has 7 nitrogen and oxygen atoms in total. The van der Waals surface area contributed by atoms with E-state index in [2.05, 4.69) is 20.2 Å². The first-order chi connectivity index (χ1) is 16.5. The number of benzene rings is 3. The van der Waals surface area contributed by atoms with Crippen LogP contribution in [-0.4, -0.2) is 37.7 Å². The van der Waals surface area contributed by atoms with Crippen molar-refractivity contribution in [3.05, 3.63) is 95.3 Å². The van der Waals surface area contributed by atoms with Gasteiger partial charge in [0.05, 0.1) is 22.5 Å². The summed E-state index contributed by atoms with van der Waals surface area (Å²) in [4.78, 5) is 22.7. The fourth-order valence-corrected chi connectivity index (χ4v) is 4.41. The molecular weight excluding hydrogens is 475 g/mol. The number of halogens is 2. The Labute approximate surface area is 203 Å². The van der Waals surface area contributed by atoms with Crippen molar-refractivity contribution in [3.63, 3.8) is 0 Å². The number of H-pyrrole nitrogens is 1. The third-order valence-electron chi connectivity index (χ3n) is 5.20. The van der Waals surface area contributed by atoms with E-state index in [0.29, 0.717) is 27.3 Å². The first kappa shape index (κ1) is 22.1. The summed E-state index contributed by atoms with van der Waals surface area (Å²) in [5.41, 5.74) is 3.06. The molecule has 2 aromatic heterocycles. The van der Waals surface area contributed by atoms with Crippen molar-refractivity contribution in [1.29, 1.82) is 0 Å². The van der Waals surface area contributed by atoms with Crippen LogP contribution in [0.4, 0.5) is 10.1 Å². The topological polar surface area (TPSA) is 79.7 Å². The number of hydrogen-bond donors (Lipinski definition) is 1. The lowest BCUT2D eigenvalue weighted by atomic mass is 10.2. The average Bonchev–Trinajstić information content (AvgIpc) is 3.46. The molecule has 0 spiro atoms. The van der Waals surface area contributed by atoms with Crippen LogP contribution in [0.1, 0.15) is 16.4 Å². The van der Waals surface area contributed by atoms with Gasteiger partial charge in [0.15, 0.2) is 5.16 Å². The maximum Gasteiger partial charge on any atom is 0.296 e. The number of para-hydroxylation sites is 2. The van der Waals surface area contributed by atoms with E-state index in [1.165, 1.54) is 40.9 Å². The number of carbonyl (C=O) groups is 1. The first-order valence-corrected chi connectivity index (χ1v) is 11.7. The highest BCUT2D eigenvalue weighted by Crippen LogP contribution is 2.27. The number of carbonyl (C=O) groups excluding carboxylic acids is 1. The molecule has 2 heterocycles. The normalized spacial score (nSPS) is 11.1. The summed E-state index contributed by atoms with van der Waals surface area (Å²) in [6.45, 7) is 0. The largest absolute Gasteiger partial charge is 0.341 e. The molecule has 0 unspecified atom stereocenters. The highest BCUT2D eigenvalue weighted by atomic mass is 35.5. The standard InChI is InChI=1S/C24H18ClFN6OS/c1-31(17-12-8-16(26)9-13-17)23(33)22-29-30-24(32(22)18-10-6-15(25)7-11-18)34-14-21-27-19-4-2-3-5-20(19)28-21/h2-13H,14H2,1H3,(H,27,28). The van der Waals surface area contributed by atoms with Gasteiger partial charge in [0.1, 0.15) is 11.6 Å². The van der Waals surface area contributed by atoms with E-state index in [9.17, 15) is 9.18 Å². The van der Waals surface area contributed by atoms with Gasteiger partial charge >= 0.3 is 0 Å². The van der Waals surface area contributed by atoms with E-state index in [1.54, 1.807) is 35.9 Å². The van der Waals surface area contributed by atoms with Gasteiger partial charge < -0.3 is 9.88 Å². The van der Waals surface area contributed by atoms with Gasteiger partial charge in [0.25, 0.3) is 5.91 Å². The molecule has 0 atom stereocenters. The van der Waals surface area contributed by atoms with E-state index in [1.807, 2.05) is 24.3 Å². The summed E-state index contributed by atoms with van der Waals surface area (Å²) >= 11 is 7.48. The maximum absolute atomic E-state index is 13.4. The molecule has 0 fully saturated rings. The van der Waals surface area contributed by atoms with Gasteiger partial charge in [-0.25, -0.2) is 9.37 Å². The van der Waals surface area contributed by atoms with Crippen LogP contribution in [0.2, 0.25) is 5.02 Å². The Hall–Kier alpha value is -3.69. The molecule has 5 aromatic rings. The number of rotatable bonds is 6. The lowest BCUT2D eigenvalue weighted by Crippen LogP contribution is -2.29. The Balaban J connectivity index is 1.48. The molecule has 1 amide bonds. The van der Waals surface area contributed by atoms with Crippen LogP contribution in [0.15, 0.2) is 78.0 Å². The molecule has 0 saturated carbocycles. The predicted molar refractivity (Wildman–Crippen MR) is 131 cm³/mol.